The molecule has 0 radical (unpaired) electrons. The lowest BCUT2D eigenvalue weighted by Crippen LogP contribution is -2.23. The molecule has 110 valence electrons. The molecule has 2 aromatic rings. The number of nitrogens with one attached hydrogen (secondary N) is 1. The second-order valence-corrected chi connectivity index (χ2v) is 4.69. The zero-order valence-electron chi connectivity index (χ0n) is 12.0. The first-order valence-corrected chi connectivity index (χ1v) is 6.34. The monoisotopic (exact) mass is 289 g/mol. The molecule has 0 aliphatic rings. The summed E-state index contributed by atoms with van der Waals surface area (Å²) >= 11 is 0. The third-order valence-electron chi connectivity index (χ3n) is 3.14. The average Bonchev–Trinajstić information content (AvgIpc) is 2.75. The molecule has 1 N–H and O–H groups in total. The Bertz CT molecular complexity index is 687. The molecule has 0 atom stereocenters. The SMILES string of the molecule is Cc1ccc(C(=O)NCc2nc(C)c(C)o2)cc1[N+](=O)[O-]. The number of hydrogen-bond acceptors (Lipinski definition) is 5. The fraction of sp³-hybridized carbons (Fsp3) is 0.286. The van der Waals surface area contributed by atoms with Gasteiger partial charge in [-0.3, -0.25) is 14.9 Å². The van der Waals surface area contributed by atoms with E-state index in [1.54, 1.807) is 26.0 Å². The molecule has 1 aromatic heterocycles. The number of benzene rings is 1. The van der Waals surface area contributed by atoms with Gasteiger partial charge in [-0.1, -0.05) is 6.07 Å². The molecule has 0 bridgehead atoms. The van der Waals surface area contributed by atoms with Gasteiger partial charge in [-0.2, -0.15) is 0 Å². The smallest absolute Gasteiger partial charge is 0.273 e. The van der Waals surface area contributed by atoms with E-state index in [1.807, 2.05) is 6.92 Å². The number of rotatable bonds is 4. The van der Waals surface area contributed by atoms with Crippen LogP contribution in [0.2, 0.25) is 0 Å². The Morgan fingerprint density at radius 1 is 1.38 bits per heavy atom. The van der Waals surface area contributed by atoms with Crippen LogP contribution < -0.4 is 5.32 Å². The molecule has 1 aromatic carbocycles. The van der Waals surface area contributed by atoms with Crippen molar-refractivity contribution in [1.29, 1.82) is 0 Å². The number of nitro groups is 1. The summed E-state index contributed by atoms with van der Waals surface area (Å²) in [6.07, 6.45) is 0. The molecule has 0 saturated carbocycles. The van der Waals surface area contributed by atoms with Crippen LogP contribution in [0.1, 0.15) is 33.3 Å². The van der Waals surface area contributed by atoms with Crippen LogP contribution in [0, 0.1) is 30.9 Å². The van der Waals surface area contributed by atoms with E-state index in [0.29, 0.717) is 17.2 Å². The van der Waals surface area contributed by atoms with Crippen molar-refractivity contribution in [2.45, 2.75) is 27.3 Å². The Labute approximate surface area is 121 Å². The van der Waals surface area contributed by atoms with E-state index in [1.165, 1.54) is 6.07 Å². The maximum absolute atomic E-state index is 12.0. The van der Waals surface area contributed by atoms with E-state index in [0.717, 1.165) is 5.69 Å². The minimum absolute atomic E-state index is 0.0783. The lowest BCUT2D eigenvalue weighted by Gasteiger charge is -2.04. The van der Waals surface area contributed by atoms with Crippen molar-refractivity contribution in [2.75, 3.05) is 0 Å². The summed E-state index contributed by atoms with van der Waals surface area (Å²) in [6, 6.07) is 4.35. The lowest BCUT2D eigenvalue weighted by atomic mass is 10.1. The number of hydrogen-bond donors (Lipinski definition) is 1. The van der Waals surface area contributed by atoms with Crippen LogP contribution in [0.5, 0.6) is 0 Å². The summed E-state index contributed by atoms with van der Waals surface area (Å²) in [4.78, 5) is 26.5. The van der Waals surface area contributed by atoms with Crippen LogP contribution in [0.3, 0.4) is 0 Å². The van der Waals surface area contributed by atoms with E-state index >= 15 is 0 Å². The van der Waals surface area contributed by atoms with Crippen LogP contribution in [-0.2, 0) is 6.54 Å². The van der Waals surface area contributed by atoms with Crippen molar-refractivity contribution >= 4 is 11.6 Å². The summed E-state index contributed by atoms with van der Waals surface area (Å²) in [5.41, 5.74) is 1.43. The van der Waals surface area contributed by atoms with Crippen molar-refractivity contribution < 1.29 is 14.1 Å². The fourth-order valence-electron chi connectivity index (χ4n) is 1.82. The minimum atomic E-state index is -0.507. The van der Waals surface area contributed by atoms with E-state index in [4.69, 9.17) is 4.42 Å². The number of aromatic nitrogens is 1. The van der Waals surface area contributed by atoms with Crippen molar-refractivity contribution in [3.8, 4) is 0 Å². The second-order valence-electron chi connectivity index (χ2n) is 4.69. The van der Waals surface area contributed by atoms with Gasteiger partial charge in [-0.25, -0.2) is 4.98 Å². The highest BCUT2D eigenvalue weighted by Crippen LogP contribution is 2.19. The fourth-order valence-corrected chi connectivity index (χ4v) is 1.82. The largest absolute Gasteiger partial charge is 0.444 e. The molecule has 0 fully saturated rings. The molecule has 21 heavy (non-hydrogen) atoms. The summed E-state index contributed by atoms with van der Waals surface area (Å²) in [7, 11) is 0. The van der Waals surface area contributed by atoms with Gasteiger partial charge in [0.05, 0.1) is 17.2 Å². The zero-order chi connectivity index (χ0) is 15.6. The Morgan fingerprint density at radius 3 is 2.67 bits per heavy atom. The summed E-state index contributed by atoms with van der Waals surface area (Å²) < 4.78 is 5.35. The van der Waals surface area contributed by atoms with Crippen LogP contribution in [0.4, 0.5) is 5.69 Å². The first kappa shape index (κ1) is 14.7. The summed E-state index contributed by atoms with van der Waals surface area (Å²) in [5.74, 6) is 0.691. The minimum Gasteiger partial charge on any atom is -0.444 e. The van der Waals surface area contributed by atoms with Gasteiger partial charge in [-0.15, -0.1) is 0 Å². The number of nitrogens with zero attached hydrogens (tertiary/aromatic N) is 2. The number of carbonyl (C=O) groups is 1. The molecule has 0 aliphatic heterocycles. The highest BCUT2D eigenvalue weighted by molar-refractivity contribution is 5.94. The summed E-state index contributed by atoms with van der Waals surface area (Å²) in [5, 5.41) is 13.5. The number of carbonyl (C=O) groups excluding carboxylic acids is 1. The predicted molar refractivity (Wildman–Crippen MR) is 75.0 cm³/mol. The van der Waals surface area contributed by atoms with Crippen LogP contribution in [0.15, 0.2) is 22.6 Å². The highest BCUT2D eigenvalue weighted by Gasteiger charge is 2.15. The van der Waals surface area contributed by atoms with Crippen LogP contribution in [-0.4, -0.2) is 15.8 Å². The number of oxazole rings is 1. The first-order valence-electron chi connectivity index (χ1n) is 6.34. The Hall–Kier alpha value is -2.70. The number of amides is 1. The van der Waals surface area contributed by atoms with Crippen molar-refractivity contribution in [3.05, 3.63) is 56.8 Å². The standard InChI is InChI=1S/C14H15N3O4/c1-8-4-5-11(6-12(8)17(19)20)14(18)15-7-13-16-9(2)10(3)21-13/h4-6H,7H2,1-3H3,(H,15,18). The Morgan fingerprint density at radius 2 is 2.10 bits per heavy atom. The molecule has 7 nitrogen and oxygen atoms in total. The molecule has 0 aliphatic carbocycles. The average molecular weight is 289 g/mol. The molecule has 1 amide bonds. The Balaban J connectivity index is 2.10. The Kier molecular flexibility index (Phi) is 4.02. The third kappa shape index (κ3) is 3.25. The van der Waals surface area contributed by atoms with Crippen molar-refractivity contribution in [1.82, 2.24) is 10.3 Å². The molecular weight excluding hydrogens is 274 g/mol. The maximum Gasteiger partial charge on any atom is 0.273 e. The predicted octanol–water partition coefficient (Wildman–Crippen LogP) is 2.44. The van der Waals surface area contributed by atoms with Gasteiger partial charge in [0.1, 0.15) is 5.76 Å². The first-order chi connectivity index (χ1) is 9.88. The molecule has 1 heterocycles. The quantitative estimate of drug-likeness (QED) is 0.688. The lowest BCUT2D eigenvalue weighted by molar-refractivity contribution is -0.385. The van der Waals surface area contributed by atoms with Gasteiger partial charge in [-0.05, 0) is 26.8 Å². The topological polar surface area (TPSA) is 98.3 Å². The molecule has 7 heteroatoms. The third-order valence-corrected chi connectivity index (χ3v) is 3.14. The van der Waals surface area contributed by atoms with Gasteiger partial charge in [0, 0.05) is 17.2 Å². The maximum atomic E-state index is 12.0. The normalized spacial score (nSPS) is 10.4. The molecular formula is C14H15N3O4. The van der Waals surface area contributed by atoms with Crippen LogP contribution in [0.25, 0.3) is 0 Å². The van der Waals surface area contributed by atoms with Gasteiger partial charge in [0.25, 0.3) is 11.6 Å². The van der Waals surface area contributed by atoms with E-state index in [9.17, 15) is 14.9 Å². The van der Waals surface area contributed by atoms with Crippen LogP contribution >= 0.6 is 0 Å². The second kappa shape index (κ2) is 5.74. The number of aryl methyl sites for hydroxylation is 3. The van der Waals surface area contributed by atoms with Gasteiger partial charge in [0.2, 0.25) is 5.89 Å². The van der Waals surface area contributed by atoms with Gasteiger partial charge < -0.3 is 9.73 Å². The van der Waals surface area contributed by atoms with Crippen molar-refractivity contribution in [2.24, 2.45) is 0 Å². The van der Waals surface area contributed by atoms with Gasteiger partial charge in [0.15, 0.2) is 0 Å². The molecule has 0 unspecified atom stereocenters. The molecule has 2 rings (SSSR count). The van der Waals surface area contributed by atoms with E-state index in [-0.39, 0.29) is 17.8 Å². The van der Waals surface area contributed by atoms with E-state index in [2.05, 4.69) is 10.3 Å². The van der Waals surface area contributed by atoms with Crippen molar-refractivity contribution in [3.63, 3.8) is 0 Å². The molecule has 0 spiro atoms. The zero-order valence-corrected chi connectivity index (χ0v) is 12.0. The van der Waals surface area contributed by atoms with Gasteiger partial charge >= 0.3 is 0 Å². The highest BCUT2D eigenvalue weighted by atomic mass is 16.6. The van der Waals surface area contributed by atoms with E-state index < -0.39 is 10.8 Å². The number of nitro benzene ring substituents is 1. The summed E-state index contributed by atoms with van der Waals surface area (Å²) in [6.45, 7) is 5.36. The molecule has 0 saturated heterocycles.